The quantitative estimate of drug-likeness (QED) is 0.360. The minimum Gasteiger partial charge on any atom is -0.424 e. The van der Waals surface area contributed by atoms with E-state index in [2.05, 4.69) is 22.2 Å². The molecule has 0 unspecified atom stereocenters. The van der Waals surface area contributed by atoms with E-state index < -0.39 is 0 Å². The van der Waals surface area contributed by atoms with Crippen molar-refractivity contribution in [2.75, 3.05) is 18.4 Å². The highest BCUT2D eigenvalue weighted by Gasteiger charge is 2.36. The van der Waals surface area contributed by atoms with E-state index in [1.54, 1.807) is 12.1 Å². The standard InChI is InChI=1S/C26H27FN4O2S/c1-3-17-7-6-14-31(21(17)15-28-26-30-20-8-4-5-9-22(20)33-26)25(32)23-24(34-16(2)29-23)18-10-12-19(27)13-11-18/h4-5,8-13,17,21H,3,6-7,14-15H2,1-2H3,(H,28,30)/t17-,21-/m0/s1. The van der Waals surface area contributed by atoms with E-state index in [-0.39, 0.29) is 17.8 Å². The zero-order chi connectivity index (χ0) is 23.7. The Kier molecular flexibility index (Phi) is 6.32. The third-order valence-corrected chi connectivity index (χ3v) is 7.52. The first-order chi connectivity index (χ1) is 16.5. The number of carbonyl (C=O) groups is 1. The number of nitrogens with zero attached hydrogens (tertiary/aromatic N) is 3. The van der Waals surface area contributed by atoms with Crippen LogP contribution in [0.4, 0.5) is 10.4 Å². The van der Waals surface area contributed by atoms with Crippen LogP contribution in [0.5, 0.6) is 0 Å². The molecular formula is C26H27FN4O2S. The Bertz CT molecular complexity index is 1270. The van der Waals surface area contributed by atoms with E-state index >= 15 is 0 Å². The van der Waals surface area contributed by atoms with Crippen molar-refractivity contribution in [3.8, 4) is 10.4 Å². The number of oxazole rings is 1. The molecule has 34 heavy (non-hydrogen) atoms. The number of hydrogen-bond donors (Lipinski definition) is 1. The number of para-hydroxylation sites is 2. The average Bonchev–Trinajstić information content (AvgIpc) is 3.45. The van der Waals surface area contributed by atoms with Crippen LogP contribution < -0.4 is 5.32 Å². The zero-order valence-electron chi connectivity index (χ0n) is 19.3. The Hall–Kier alpha value is -3.26. The number of aromatic nitrogens is 2. The number of fused-ring (bicyclic) bond motifs is 1. The third-order valence-electron chi connectivity index (χ3n) is 6.50. The molecule has 5 rings (SSSR count). The number of hydrogen-bond acceptors (Lipinski definition) is 6. The number of anilines is 1. The maximum Gasteiger partial charge on any atom is 0.295 e. The fourth-order valence-corrected chi connectivity index (χ4v) is 5.70. The van der Waals surface area contributed by atoms with Gasteiger partial charge in [0, 0.05) is 13.1 Å². The second-order valence-electron chi connectivity index (χ2n) is 8.66. The number of aryl methyl sites for hydroxylation is 1. The molecule has 1 amide bonds. The number of thiazole rings is 1. The third kappa shape index (κ3) is 4.42. The molecule has 0 bridgehead atoms. The Morgan fingerprint density at radius 1 is 1.21 bits per heavy atom. The highest BCUT2D eigenvalue weighted by Crippen LogP contribution is 2.34. The highest BCUT2D eigenvalue weighted by atomic mass is 32.1. The molecular weight excluding hydrogens is 451 g/mol. The van der Waals surface area contributed by atoms with Gasteiger partial charge in [-0.3, -0.25) is 4.79 Å². The highest BCUT2D eigenvalue weighted by molar-refractivity contribution is 7.15. The summed E-state index contributed by atoms with van der Waals surface area (Å²) in [7, 11) is 0. The van der Waals surface area contributed by atoms with Crippen LogP contribution >= 0.6 is 11.3 Å². The van der Waals surface area contributed by atoms with Gasteiger partial charge in [0.15, 0.2) is 5.58 Å². The van der Waals surface area contributed by atoms with Gasteiger partial charge in [-0.2, -0.15) is 4.98 Å². The molecule has 1 fully saturated rings. The molecule has 2 aromatic carbocycles. The molecule has 0 radical (unpaired) electrons. The largest absolute Gasteiger partial charge is 0.424 e. The summed E-state index contributed by atoms with van der Waals surface area (Å²) in [5.41, 5.74) is 2.78. The number of rotatable bonds is 6. The predicted octanol–water partition coefficient (Wildman–Crippen LogP) is 6.14. The second kappa shape index (κ2) is 9.54. The topological polar surface area (TPSA) is 71.3 Å². The van der Waals surface area contributed by atoms with E-state index in [1.165, 1.54) is 23.5 Å². The van der Waals surface area contributed by atoms with Gasteiger partial charge in [-0.05, 0) is 55.5 Å². The minimum absolute atomic E-state index is 0.00987. The summed E-state index contributed by atoms with van der Waals surface area (Å²) in [6.07, 6.45) is 3.00. The van der Waals surface area contributed by atoms with Crippen LogP contribution in [-0.4, -0.2) is 39.9 Å². The molecule has 4 aromatic rings. The van der Waals surface area contributed by atoms with Gasteiger partial charge in [-0.15, -0.1) is 11.3 Å². The maximum atomic E-state index is 13.8. The lowest BCUT2D eigenvalue weighted by Crippen LogP contribution is -2.51. The summed E-state index contributed by atoms with van der Waals surface area (Å²) in [6, 6.07) is 14.3. The van der Waals surface area contributed by atoms with Crippen LogP contribution in [0.1, 0.15) is 41.7 Å². The van der Waals surface area contributed by atoms with Gasteiger partial charge in [-0.25, -0.2) is 9.37 Å². The smallest absolute Gasteiger partial charge is 0.295 e. The summed E-state index contributed by atoms with van der Waals surface area (Å²) in [4.78, 5) is 25.7. The Balaban J connectivity index is 1.41. The number of carbonyl (C=O) groups excluding carboxylic acids is 1. The average molecular weight is 479 g/mol. The molecule has 176 valence electrons. The van der Waals surface area contributed by atoms with Crippen LogP contribution in [0.3, 0.4) is 0 Å². The first-order valence-corrected chi connectivity index (χ1v) is 12.5. The number of nitrogens with one attached hydrogen (secondary N) is 1. The second-order valence-corrected chi connectivity index (χ2v) is 9.86. The van der Waals surface area contributed by atoms with Crippen molar-refractivity contribution in [3.05, 3.63) is 65.0 Å². The molecule has 2 atom stereocenters. The van der Waals surface area contributed by atoms with Gasteiger partial charge in [0.2, 0.25) is 0 Å². The zero-order valence-corrected chi connectivity index (χ0v) is 20.1. The summed E-state index contributed by atoms with van der Waals surface area (Å²) >= 11 is 1.46. The van der Waals surface area contributed by atoms with E-state index in [0.29, 0.717) is 30.7 Å². The van der Waals surface area contributed by atoms with E-state index in [1.807, 2.05) is 36.1 Å². The molecule has 0 aliphatic carbocycles. The number of amides is 1. The molecule has 6 nitrogen and oxygen atoms in total. The van der Waals surface area contributed by atoms with Crippen molar-refractivity contribution in [1.82, 2.24) is 14.9 Å². The molecule has 0 spiro atoms. The Morgan fingerprint density at radius 2 is 2.00 bits per heavy atom. The Morgan fingerprint density at radius 3 is 2.76 bits per heavy atom. The van der Waals surface area contributed by atoms with E-state index in [0.717, 1.165) is 45.8 Å². The van der Waals surface area contributed by atoms with Gasteiger partial charge in [0.05, 0.1) is 15.9 Å². The van der Waals surface area contributed by atoms with Crippen molar-refractivity contribution in [2.45, 2.75) is 39.2 Å². The molecule has 0 saturated carbocycles. The molecule has 1 saturated heterocycles. The monoisotopic (exact) mass is 478 g/mol. The van der Waals surface area contributed by atoms with E-state index in [9.17, 15) is 9.18 Å². The molecule has 3 heterocycles. The van der Waals surface area contributed by atoms with Crippen LogP contribution in [0, 0.1) is 18.7 Å². The van der Waals surface area contributed by atoms with Crippen LogP contribution in [0.15, 0.2) is 52.9 Å². The predicted molar refractivity (Wildman–Crippen MR) is 133 cm³/mol. The minimum atomic E-state index is -0.301. The van der Waals surface area contributed by atoms with E-state index in [4.69, 9.17) is 4.42 Å². The maximum absolute atomic E-state index is 13.8. The molecule has 1 aliphatic heterocycles. The molecule has 1 N–H and O–H groups in total. The van der Waals surface area contributed by atoms with Crippen LogP contribution in [0.2, 0.25) is 0 Å². The Labute approximate surface area is 201 Å². The van der Waals surface area contributed by atoms with Crippen LogP contribution in [-0.2, 0) is 0 Å². The van der Waals surface area contributed by atoms with Crippen molar-refractivity contribution in [2.24, 2.45) is 5.92 Å². The van der Waals surface area contributed by atoms with Gasteiger partial charge in [0.25, 0.3) is 11.9 Å². The van der Waals surface area contributed by atoms with Crippen molar-refractivity contribution < 1.29 is 13.6 Å². The summed E-state index contributed by atoms with van der Waals surface area (Å²) < 4.78 is 19.3. The molecule has 2 aromatic heterocycles. The van der Waals surface area contributed by atoms with Gasteiger partial charge in [-0.1, -0.05) is 37.6 Å². The summed E-state index contributed by atoms with van der Waals surface area (Å²) in [6.45, 7) is 5.29. The lowest BCUT2D eigenvalue weighted by Gasteiger charge is -2.41. The van der Waals surface area contributed by atoms with Crippen LogP contribution in [0.25, 0.3) is 21.5 Å². The normalized spacial score (nSPS) is 18.4. The van der Waals surface area contributed by atoms with Crippen molar-refractivity contribution in [3.63, 3.8) is 0 Å². The molecule has 8 heteroatoms. The molecule has 1 aliphatic rings. The number of halogens is 1. The summed E-state index contributed by atoms with van der Waals surface area (Å²) in [5, 5.41) is 4.14. The fraction of sp³-hybridized carbons (Fsp3) is 0.346. The lowest BCUT2D eigenvalue weighted by atomic mass is 9.86. The SMILES string of the molecule is CC[C@H]1CCCN(C(=O)c2nc(C)sc2-c2ccc(F)cc2)[C@H]1CNc1nc2ccccc2o1. The fourth-order valence-electron chi connectivity index (χ4n) is 4.79. The number of likely N-dealkylation sites (tertiary alicyclic amines) is 1. The van der Waals surface area contributed by atoms with Crippen molar-refractivity contribution in [1.29, 1.82) is 0 Å². The number of piperidine rings is 1. The first-order valence-electron chi connectivity index (χ1n) is 11.7. The van der Waals surface area contributed by atoms with Gasteiger partial charge in [0.1, 0.15) is 17.0 Å². The number of benzene rings is 2. The lowest BCUT2D eigenvalue weighted by molar-refractivity contribution is 0.0508. The van der Waals surface area contributed by atoms with Gasteiger partial charge >= 0.3 is 0 Å². The van der Waals surface area contributed by atoms with Crippen molar-refractivity contribution >= 4 is 34.4 Å². The van der Waals surface area contributed by atoms with Gasteiger partial charge < -0.3 is 14.6 Å². The first kappa shape index (κ1) is 22.5. The summed E-state index contributed by atoms with van der Waals surface area (Å²) in [5.74, 6) is -0.0141.